The third-order valence-corrected chi connectivity index (χ3v) is 2.66. The first-order chi connectivity index (χ1) is 9.52. The van der Waals surface area contributed by atoms with Crippen molar-refractivity contribution in [1.82, 2.24) is 4.90 Å². The minimum Gasteiger partial charge on any atom is -0.444 e. The number of carbonyl (C=O) groups is 1. The molecule has 0 bridgehead atoms. The number of nitrogens with zero attached hydrogens (tertiary/aromatic N) is 4. The van der Waals surface area contributed by atoms with Gasteiger partial charge in [0.25, 0.3) is 0 Å². The molecule has 0 aliphatic carbocycles. The van der Waals surface area contributed by atoms with Crippen LogP contribution in [0.3, 0.4) is 0 Å². The Morgan fingerprint density at radius 3 is 2.52 bits per heavy atom. The second kappa shape index (κ2) is 6.40. The Morgan fingerprint density at radius 1 is 1.43 bits per heavy atom. The molecule has 0 N–H and O–H groups in total. The van der Waals surface area contributed by atoms with Gasteiger partial charge in [-0.1, -0.05) is 5.11 Å². The van der Waals surface area contributed by atoms with Gasteiger partial charge in [0.2, 0.25) is 0 Å². The molecule has 1 aliphatic heterocycles. The number of alkyl halides is 3. The van der Waals surface area contributed by atoms with Gasteiger partial charge in [0.15, 0.2) is 0 Å². The molecule has 1 fully saturated rings. The molecule has 1 heterocycles. The molecular weight excluding hydrogens is 293 g/mol. The third-order valence-electron chi connectivity index (χ3n) is 2.66. The van der Waals surface area contributed by atoms with Crippen LogP contribution < -0.4 is 0 Å². The normalized spacial score (nSPS) is 22.9. The van der Waals surface area contributed by atoms with Crippen molar-refractivity contribution in [1.29, 1.82) is 0 Å². The number of hydrogen-bond acceptors (Lipinski definition) is 4. The van der Waals surface area contributed by atoms with Crippen molar-refractivity contribution in [2.24, 2.45) is 5.11 Å². The lowest BCUT2D eigenvalue weighted by atomic mass is 10.2. The Hall–Kier alpha value is -1.67. The second-order valence-electron chi connectivity index (χ2n) is 5.62. The van der Waals surface area contributed by atoms with Gasteiger partial charge in [-0.05, 0) is 32.7 Å². The van der Waals surface area contributed by atoms with Crippen molar-refractivity contribution in [3.05, 3.63) is 10.4 Å². The predicted molar refractivity (Wildman–Crippen MR) is 66.3 cm³/mol. The minimum absolute atomic E-state index is 0.0717. The maximum atomic E-state index is 12.2. The van der Waals surface area contributed by atoms with E-state index in [1.165, 1.54) is 0 Å². The fourth-order valence-corrected chi connectivity index (χ4v) is 2.00. The lowest BCUT2D eigenvalue weighted by Gasteiger charge is -2.27. The molecule has 0 radical (unpaired) electrons. The van der Waals surface area contributed by atoms with Crippen LogP contribution in [0.2, 0.25) is 0 Å². The lowest BCUT2D eigenvalue weighted by Crippen LogP contribution is -2.41. The van der Waals surface area contributed by atoms with Crippen LogP contribution >= 0.6 is 0 Å². The molecule has 7 nitrogen and oxygen atoms in total. The molecule has 1 rings (SSSR count). The summed E-state index contributed by atoms with van der Waals surface area (Å²) in [5.74, 6) is 0. The average Bonchev–Trinajstić information content (AvgIpc) is 2.64. The Labute approximate surface area is 119 Å². The first-order valence-electron chi connectivity index (χ1n) is 6.27. The number of amides is 1. The van der Waals surface area contributed by atoms with Crippen LogP contribution in [0.15, 0.2) is 5.11 Å². The van der Waals surface area contributed by atoms with E-state index in [1.807, 2.05) is 0 Å². The van der Waals surface area contributed by atoms with Crippen molar-refractivity contribution in [2.45, 2.75) is 51.3 Å². The van der Waals surface area contributed by atoms with Gasteiger partial charge in [-0.25, -0.2) is 4.79 Å². The summed E-state index contributed by atoms with van der Waals surface area (Å²) in [5.41, 5.74) is 7.53. The van der Waals surface area contributed by atoms with Gasteiger partial charge in [-0.15, -0.1) is 13.2 Å². The van der Waals surface area contributed by atoms with Crippen molar-refractivity contribution in [3.8, 4) is 0 Å². The summed E-state index contributed by atoms with van der Waals surface area (Å²) in [7, 11) is 0. The number of carbonyl (C=O) groups excluding carboxylic acids is 1. The monoisotopic (exact) mass is 310 g/mol. The number of likely N-dealkylation sites (tertiary alicyclic amines) is 1. The highest BCUT2D eigenvalue weighted by Crippen LogP contribution is 2.28. The molecule has 0 aromatic carbocycles. The molecule has 0 spiro atoms. The summed E-state index contributed by atoms with van der Waals surface area (Å²) in [6.45, 7) is 4.54. The number of halogens is 3. The van der Waals surface area contributed by atoms with Crippen LogP contribution in [0.5, 0.6) is 0 Å². The Bertz CT molecular complexity index is 429. The molecule has 0 unspecified atom stereocenters. The van der Waals surface area contributed by atoms with Crippen LogP contribution in [0, 0.1) is 0 Å². The van der Waals surface area contributed by atoms with Gasteiger partial charge < -0.3 is 9.64 Å². The Balaban J connectivity index is 2.77. The molecule has 1 amide bonds. The molecule has 1 aliphatic rings. The second-order valence-corrected chi connectivity index (χ2v) is 5.62. The molecule has 1 saturated heterocycles. The minimum atomic E-state index is -4.78. The number of azide groups is 1. The third kappa shape index (κ3) is 6.09. The Morgan fingerprint density at radius 2 is 2.05 bits per heavy atom. The van der Waals surface area contributed by atoms with Gasteiger partial charge in [-0.2, -0.15) is 0 Å². The summed E-state index contributed by atoms with van der Waals surface area (Å²) in [6.07, 6.45) is -6.81. The van der Waals surface area contributed by atoms with Crippen LogP contribution in [-0.2, 0) is 9.47 Å². The first-order valence-corrected chi connectivity index (χ1v) is 6.27. The van der Waals surface area contributed by atoms with Gasteiger partial charge in [0.05, 0.1) is 12.6 Å². The van der Waals surface area contributed by atoms with Crippen LogP contribution in [-0.4, -0.2) is 48.2 Å². The summed E-state index contributed by atoms with van der Waals surface area (Å²) in [5, 5.41) is 3.31. The number of hydrogen-bond donors (Lipinski definition) is 0. The van der Waals surface area contributed by atoms with Crippen molar-refractivity contribution in [2.75, 3.05) is 13.1 Å². The lowest BCUT2D eigenvalue weighted by molar-refractivity contribution is -0.340. The van der Waals surface area contributed by atoms with Crippen molar-refractivity contribution >= 4 is 6.09 Å². The summed E-state index contributed by atoms with van der Waals surface area (Å²) >= 11 is 0. The van der Waals surface area contributed by atoms with E-state index in [9.17, 15) is 18.0 Å². The van der Waals surface area contributed by atoms with E-state index in [0.717, 1.165) is 4.90 Å². The van der Waals surface area contributed by atoms with Crippen molar-refractivity contribution in [3.63, 3.8) is 0 Å². The maximum absolute atomic E-state index is 12.2. The van der Waals surface area contributed by atoms with Gasteiger partial charge in [-0.3, -0.25) is 4.74 Å². The fraction of sp³-hybridized carbons (Fsp3) is 0.909. The van der Waals surface area contributed by atoms with E-state index in [-0.39, 0.29) is 19.5 Å². The molecule has 0 saturated carbocycles. The van der Waals surface area contributed by atoms with E-state index in [4.69, 9.17) is 10.3 Å². The average molecular weight is 310 g/mol. The van der Waals surface area contributed by atoms with Crippen LogP contribution in [0.1, 0.15) is 27.2 Å². The molecule has 21 heavy (non-hydrogen) atoms. The predicted octanol–water partition coefficient (Wildman–Crippen LogP) is 3.21. The standard InChI is InChI=1S/C11H17F3N4O3/c1-10(2,3)21-9(19)18-6-8(20-11(12,13)14)4-7(18)5-16-17-15/h7-8H,4-6H2,1-3H3/t7-,8-/m0/s1. The zero-order valence-corrected chi connectivity index (χ0v) is 11.9. The quantitative estimate of drug-likeness (QED) is 0.455. The number of rotatable bonds is 3. The van der Waals surface area contributed by atoms with E-state index in [2.05, 4.69) is 14.8 Å². The number of ether oxygens (including phenoxy) is 2. The van der Waals surface area contributed by atoms with E-state index < -0.39 is 30.2 Å². The fourth-order valence-electron chi connectivity index (χ4n) is 2.00. The SMILES string of the molecule is CC(C)(C)OC(=O)N1C[C@@H](OC(F)(F)F)C[C@H]1CN=[N+]=[N-]. The molecular formula is C11H17F3N4O3. The van der Waals surface area contributed by atoms with E-state index in [0.29, 0.717) is 0 Å². The van der Waals surface area contributed by atoms with Gasteiger partial charge in [0, 0.05) is 17.5 Å². The largest absolute Gasteiger partial charge is 0.522 e. The van der Waals surface area contributed by atoms with Crippen molar-refractivity contribution < 1.29 is 27.4 Å². The van der Waals surface area contributed by atoms with Crippen LogP contribution in [0.25, 0.3) is 10.4 Å². The van der Waals surface area contributed by atoms with E-state index in [1.54, 1.807) is 20.8 Å². The zero-order valence-electron chi connectivity index (χ0n) is 11.9. The first kappa shape index (κ1) is 17.4. The summed E-state index contributed by atoms with van der Waals surface area (Å²) < 4.78 is 45.8. The van der Waals surface area contributed by atoms with Gasteiger partial charge in [0.1, 0.15) is 5.60 Å². The topological polar surface area (TPSA) is 87.5 Å². The highest BCUT2D eigenvalue weighted by Gasteiger charge is 2.43. The maximum Gasteiger partial charge on any atom is 0.522 e. The van der Waals surface area contributed by atoms with Crippen LogP contribution in [0.4, 0.5) is 18.0 Å². The smallest absolute Gasteiger partial charge is 0.444 e. The van der Waals surface area contributed by atoms with Gasteiger partial charge >= 0.3 is 12.5 Å². The highest BCUT2D eigenvalue weighted by molar-refractivity contribution is 5.69. The molecule has 120 valence electrons. The highest BCUT2D eigenvalue weighted by atomic mass is 19.4. The molecule has 0 aromatic rings. The summed E-state index contributed by atoms with van der Waals surface area (Å²) in [4.78, 5) is 15.6. The summed E-state index contributed by atoms with van der Waals surface area (Å²) in [6, 6.07) is -0.678. The molecule has 10 heteroatoms. The van der Waals surface area contributed by atoms with E-state index >= 15 is 0 Å². The zero-order chi connectivity index (χ0) is 16.3. The molecule has 0 aromatic heterocycles. The molecule has 2 atom stereocenters. The Kier molecular flexibility index (Phi) is 5.30.